The van der Waals surface area contributed by atoms with Crippen LogP contribution in [0.4, 0.5) is 0 Å². The van der Waals surface area contributed by atoms with Crippen molar-refractivity contribution in [1.82, 2.24) is 9.78 Å². The first-order valence-corrected chi connectivity index (χ1v) is 5.54. The van der Waals surface area contributed by atoms with Crippen molar-refractivity contribution in [2.75, 3.05) is 6.54 Å². The van der Waals surface area contributed by atoms with Gasteiger partial charge in [0.2, 0.25) is 0 Å². The normalized spacial score (nSPS) is 20.8. The van der Waals surface area contributed by atoms with E-state index in [4.69, 9.17) is 5.73 Å². The zero-order chi connectivity index (χ0) is 10.2. The molecule has 0 aliphatic heterocycles. The van der Waals surface area contributed by atoms with Crippen molar-refractivity contribution in [2.45, 2.75) is 25.0 Å². The Morgan fingerprint density at radius 3 is 2.86 bits per heavy atom. The summed E-state index contributed by atoms with van der Waals surface area (Å²) in [5.41, 5.74) is 4.83. The van der Waals surface area contributed by atoms with Gasteiger partial charge in [-0.15, -0.1) is 0 Å². The van der Waals surface area contributed by atoms with E-state index < -0.39 is 5.60 Å². The molecule has 0 bridgehead atoms. The second-order valence-electron chi connectivity index (χ2n) is 3.94. The summed E-state index contributed by atoms with van der Waals surface area (Å²) in [5, 5.41) is 14.3. The number of aliphatic hydroxyl groups is 1. The molecule has 78 valence electrons. The maximum Gasteiger partial charge on any atom is 0.0991 e. The average molecular weight is 260 g/mol. The van der Waals surface area contributed by atoms with Crippen molar-refractivity contribution < 1.29 is 5.11 Å². The van der Waals surface area contributed by atoms with E-state index >= 15 is 0 Å². The highest BCUT2D eigenvalue weighted by molar-refractivity contribution is 9.10. The van der Waals surface area contributed by atoms with Crippen LogP contribution in [0.25, 0.3) is 0 Å². The summed E-state index contributed by atoms with van der Waals surface area (Å²) in [6.07, 6.45) is 5.72. The Hall–Kier alpha value is -0.390. The maximum atomic E-state index is 10.2. The van der Waals surface area contributed by atoms with E-state index in [1.807, 2.05) is 6.20 Å². The zero-order valence-electron chi connectivity index (χ0n) is 7.86. The van der Waals surface area contributed by atoms with Gasteiger partial charge in [0.25, 0.3) is 0 Å². The highest BCUT2D eigenvalue weighted by Gasteiger charge is 2.43. The van der Waals surface area contributed by atoms with Gasteiger partial charge in [-0.25, -0.2) is 0 Å². The minimum atomic E-state index is -0.772. The number of hydrogen-bond acceptors (Lipinski definition) is 3. The maximum absolute atomic E-state index is 10.2. The Balaban J connectivity index is 2.07. The second-order valence-corrected chi connectivity index (χ2v) is 4.85. The molecule has 1 atom stereocenters. The van der Waals surface area contributed by atoms with Crippen LogP contribution in [0, 0.1) is 5.92 Å². The first-order chi connectivity index (χ1) is 6.64. The minimum absolute atomic E-state index is 0.301. The summed E-state index contributed by atoms with van der Waals surface area (Å²) < 4.78 is 2.66. The molecule has 1 aliphatic carbocycles. The van der Waals surface area contributed by atoms with Gasteiger partial charge in [0.15, 0.2) is 0 Å². The van der Waals surface area contributed by atoms with Crippen LogP contribution in [0.5, 0.6) is 0 Å². The van der Waals surface area contributed by atoms with Crippen LogP contribution in [0.3, 0.4) is 0 Å². The summed E-state index contributed by atoms with van der Waals surface area (Å²) in [6, 6.07) is 0. The van der Waals surface area contributed by atoms with Crippen molar-refractivity contribution in [3.05, 3.63) is 16.9 Å². The van der Waals surface area contributed by atoms with Crippen LogP contribution in [0.2, 0.25) is 0 Å². The van der Waals surface area contributed by atoms with Gasteiger partial charge in [-0.05, 0) is 34.7 Å². The van der Waals surface area contributed by atoms with E-state index in [1.54, 1.807) is 10.9 Å². The van der Waals surface area contributed by atoms with Crippen molar-refractivity contribution in [1.29, 1.82) is 0 Å². The standard InChI is InChI=1S/C9H14BrN3O/c10-8-3-12-13(4-8)6-9(14,5-11)7-1-2-7/h3-4,7,14H,1-2,5-6,11H2. The molecule has 0 spiro atoms. The Labute approximate surface area is 91.2 Å². The van der Waals surface area contributed by atoms with Crippen LogP contribution in [-0.2, 0) is 6.54 Å². The van der Waals surface area contributed by atoms with Gasteiger partial charge in [-0.3, -0.25) is 4.68 Å². The number of aromatic nitrogens is 2. The largest absolute Gasteiger partial charge is 0.386 e. The molecule has 1 aliphatic rings. The van der Waals surface area contributed by atoms with Gasteiger partial charge < -0.3 is 10.8 Å². The van der Waals surface area contributed by atoms with Crippen molar-refractivity contribution >= 4 is 15.9 Å². The molecule has 1 unspecified atom stereocenters. The first kappa shape index (κ1) is 10.1. The Morgan fingerprint density at radius 2 is 2.43 bits per heavy atom. The van der Waals surface area contributed by atoms with Crippen LogP contribution >= 0.6 is 15.9 Å². The number of nitrogens with zero attached hydrogens (tertiary/aromatic N) is 2. The molecule has 0 aromatic carbocycles. The van der Waals surface area contributed by atoms with E-state index in [0.29, 0.717) is 19.0 Å². The van der Waals surface area contributed by atoms with Crippen molar-refractivity contribution in [3.8, 4) is 0 Å². The summed E-state index contributed by atoms with van der Waals surface area (Å²) >= 11 is 3.32. The molecule has 2 rings (SSSR count). The predicted octanol–water partition coefficient (Wildman–Crippen LogP) is 0.745. The fourth-order valence-corrected chi connectivity index (χ4v) is 2.01. The topological polar surface area (TPSA) is 64.1 Å². The molecule has 1 saturated carbocycles. The molecule has 5 heteroatoms. The smallest absolute Gasteiger partial charge is 0.0991 e. The average Bonchev–Trinajstić information content (AvgIpc) is 2.93. The van der Waals surface area contributed by atoms with Gasteiger partial charge >= 0.3 is 0 Å². The molecule has 14 heavy (non-hydrogen) atoms. The van der Waals surface area contributed by atoms with Crippen molar-refractivity contribution in [2.24, 2.45) is 11.7 Å². The van der Waals surface area contributed by atoms with Crippen LogP contribution in [-0.4, -0.2) is 27.0 Å². The van der Waals surface area contributed by atoms with Crippen LogP contribution in [0.1, 0.15) is 12.8 Å². The molecule has 0 saturated heterocycles. The summed E-state index contributed by atoms with van der Waals surface area (Å²) in [4.78, 5) is 0. The van der Waals surface area contributed by atoms with E-state index in [9.17, 15) is 5.11 Å². The lowest BCUT2D eigenvalue weighted by atomic mass is 9.98. The Kier molecular flexibility index (Phi) is 2.64. The van der Waals surface area contributed by atoms with Gasteiger partial charge in [-0.1, -0.05) is 0 Å². The molecule has 1 aromatic heterocycles. The highest BCUT2D eigenvalue weighted by atomic mass is 79.9. The molecule has 0 amide bonds. The third-order valence-electron chi connectivity index (χ3n) is 2.73. The van der Waals surface area contributed by atoms with Gasteiger partial charge in [-0.2, -0.15) is 5.10 Å². The van der Waals surface area contributed by atoms with Crippen LogP contribution < -0.4 is 5.73 Å². The highest BCUT2D eigenvalue weighted by Crippen LogP contribution is 2.40. The molecule has 1 aromatic rings. The zero-order valence-corrected chi connectivity index (χ0v) is 9.44. The third-order valence-corrected chi connectivity index (χ3v) is 3.14. The number of nitrogens with two attached hydrogens (primary N) is 1. The molecule has 4 nitrogen and oxygen atoms in total. The van der Waals surface area contributed by atoms with E-state index in [0.717, 1.165) is 17.3 Å². The predicted molar refractivity (Wildman–Crippen MR) is 56.7 cm³/mol. The van der Waals surface area contributed by atoms with Crippen molar-refractivity contribution in [3.63, 3.8) is 0 Å². The van der Waals surface area contributed by atoms with Crippen LogP contribution in [0.15, 0.2) is 16.9 Å². The fourth-order valence-electron chi connectivity index (χ4n) is 1.69. The number of hydrogen-bond donors (Lipinski definition) is 2. The van der Waals surface area contributed by atoms with Gasteiger partial charge in [0, 0.05) is 12.7 Å². The molecule has 0 radical (unpaired) electrons. The number of rotatable bonds is 4. The van der Waals surface area contributed by atoms with E-state index in [-0.39, 0.29) is 0 Å². The monoisotopic (exact) mass is 259 g/mol. The molecule has 3 N–H and O–H groups in total. The third kappa shape index (κ3) is 1.99. The lowest BCUT2D eigenvalue weighted by Crippen LogP contribution is -2.44. The Morgan fingerprint density at radius 1 is 1.71 bits per heavy atom. The molecular formula is C9H14BrN3O. The fraction of sp³-hybridized carbons (Fsp3) is 0.667. The van der Waals surface area contributed by atoms with E-state index in [2.05, 4.69) is 21.0 Å². The molecular weight excluding hydrogens is 246 g/mol. The number of halogens is 1. The first-order valence-electron chi connectivity index (χ1n) is 4.74. The van der Waals surface area contributed by atoms with Gasteiger partial charge in [0.1, 0.15) is 0 Å². The lowest BCUT2D eigenvalue weighted by molar-refractivity contribution is 0.00625. The quantitative estimate of drug-likeness (QED) is 0.839. The Bertz CT molecular complexity index is 324. The summed E-state index contributed by atoms with van der Waals surface area (Å²) in [5.74, 6) is 0.357. The SMILES string of the molecule is NCC(O)(Cn1cc(Br)cn1)C1CC1. The van der Waals surface area contributed by atoms with Gasteiger partial charge in [0.05, 0.1) is 22.8 Å². The van der Waals surface area contributed by atoms with E-state index in [1.165, 1.54) is 0 Å². The molecule has 1 heterocycles. The lowest BCUT2D eigenvalue weighted by Gasteiger charge is -2.26. The minimum Gasteiger partial charge on any atom is -0.386 e. The molecule has 1 fully saturated rings. The summed E-state index contributed by atoms with van der Waals surface area (Å²) in [6.45, 7) is 0.787. The summed E-state index contributed by atoms with van der Waals surface area (Å²) in [7, 11) is 0. The second kappa shape index (κ2) is 3.64.